The summed E-state index contributed by atoms with van der Waals surface area (Å²) in [5, 5.41) is 33.4. The lowest BCUT2D eigenvalue weighted by Gasteiger charge is -2.27. The van der Waals surface area contributed by atoms with Crippen molar-refractivity contribution in [3.05, 3.63) is 17.8 Å². The highest BCUT2D eigenvalue weighted by Gasteiger charge is 2.53. The number of nitrogens with two attached hydrogens (primary N) is 1. The van der Waals surface area contributed by atoms with Crippen LogP contribution in [0.25, 0.3) is 17.1 Å². The van der Waals surface area contributed by atoms with Crippen LogP contribution in [0.1, 0.15) is 18.7 Å². The van der Waals surface area contributed by atoms with E-state index in [2.05, 4.69) is 15.3 Å². The van der Waals surface area contributed by atoms with E-state index in [0.717, 1.165) is 0 Å². The summed E-state index contributed by atoms with van der Waals surface area (Å²) in [7, 11) is 0. The second kappa shape index (κ2) is 5.23. The first-order chi connectivity index (χ1) is 11.8. The lowest BCUT2D eigenvalue weighted by atomic mass is 9.96. The molecule has 10 heteroatoms. The summed E-state index contributed by atoms with van der Waals surface area (Å²) in [5.74, 6) is -0.155. The van der Waals surface area contributed by atoms with Crippen molar-refractivity contribution in [2.75, 3.05) is 17.7 Å². The average Bonchev–Trinajstić information content (AvgIpc) is 2.94. The average molecular weight is 347 g/mol. The predicted octanol–water partition coefficient (Wildman–Crippen LogP) is -1.02. The molecule has 0 aromatic carbocycles. The molecule has 0 bridgehead atoms. The number of nitrogen functional groups attached to an aromatic ring is 1. The van der Waals surface area contributed by atoms with E-state index < -0.39 is 30.6 Å². The first-order valence-corrected chi connectivity index (χ1v) is 7.66. The van der Waals surface area contributed by atoms with Crippen molar-refractivity contribution in [3.63, 3.8) is 0 Å². The smallest absolute Gasteiger partial charge is 0.249 e. The third-order valence-electron chi connectivity index (χ3n) is 4.56. The molecule has 10 nitrogen and oxygen atoms in total. The van der Waals surface area contributed by atoms with Gasteiger partial charge in [-0.1, -0.05) is 0 Å². The molecule has 1 amide bonds. The van der Waals surface area contributed by atoms with E-state index in [1.807, 2.05) is 0 Å². The van der Waals surface area contributed by atoms with Gasteiger partial charge in [-0.3, -0.25) is 4.79 Å². The number of carbonyl (C=O) groups is 1. The van der Waals surface area contributed by atoms with Gasteiger partial charge in [-0.25, -0.2) is 0 Å². The summed E-state index contributed by atoms with van der Waals surface area (Å²) in [6.07, 6.45) is 1.32. The van der Waals surface area contributed by atoms with Gasteiger partial charge in [0.15, 0.2) is 11.9 Å². The Morgan fingerprint density at radius 3 is 2.88 bits per heavy atom. The molecule has 25 heavy (non-hydrogen) atoms. The van der Waals surface area contributed by atoms with E-state index in [1.54, 1.807) is 12.3 Å². The van der Waals surface area contributed by atoms with Gasteiger partial charge in [0, 0.05) is 17.8 Å². The molecule has 2 aromatic rings. The number of nitrogens with zero attached hydrogens (tertiary/aromatic N) is 3. The summed E-state index contributed by atoms with van der Waals surface area (Å²) >= 11 is 0. The van der Waals surface area contributed by atoms with Crippen molar-refractivity contribution in [3.8, 4) is 0 Å². The molecule has 0 radical (unpaired) electrons. The lowest BCUT2D eigenvalue weighted by Crippen LogP contribution is -2.44. The molecule has 0 saturated carbocycles. The summed E-state index contributed by atoms with van der Waals surface area (Å²) in [6.45, 7) is 0.969. The Morgan fingerprint density at radius 1 is 1.44 bits per heavy atom. The van der Waals surface area contributed by atoms with E-state index in [0.29, 0.717) is 16.6 Å². The van der Waals surface area contributed by atoms with E-state index in [9.17, 15) is 20.1 Å². The molecule has 132 valence electrons. The number of anilines is 2. The van der Waals surface area contributed by atoms with Gasteiger partial charge in [-0.2, -0.15) is 9.97 Å². The zero-order chi connectivity index (χ0) is 17.9. The predicted molar refractivity (Wildman–Crippen MR) is 87.2 cm³/mol. The van der Waals surface area contributed by atoms with Gasteiger partial charge in [0.2, 0.25) is 11.9 Å². The Bertz CT molecular complexity index is 905. The van der Waals surface area contributed by atoms with E-state index >= 15 is 0 Å². The maximum atomic E-state index is 11.7. The number of amides is 1. The standard InChI is InChI=1S/C15H17N5O5/c1-15(24)10(23)7(5-21)25-13(15)20-4-6-2-3-8(22)17-11-9(6)12(20)19-14(16)18-11/h2-4,7,10,13,21,23-24H,5H2,1H3,(H3,16,17,18,19,22)/t7-,10-,13-,15-/m1/s1. The number of hydrogen-bond donors (Lipinski definition) is 5. The molecule has 2 aliphatic heterocycles. The normalized spacial score (nSPS) is 31.4. The van der Waals surface area contributed by atoms with Crippen LogP contribution in [-0.2, 0) is 9.53 Å². The van der Waals surface area contributed by atoms with Gasteiger partial charge in [-0.05, 0) is 13.0 Å². The summed E-state index contributed by atoms with van der Waals surface area (Å²) in [6, 6.07) is 0. The number of hydrogen-bond acceptors (Lipinski definition) is 8. The second-order valence-electron chi connectivity index (χ2n) is 6.32. The van der Waals surface area contributed by atoms with Crippen LogP contribution in [-0.4, -0.2) is 60.2 Å². The number of nitrogens with one attached hydrogen (secondary N) is 1. The van der Waals surface area contributed by atoms with Crippen LogP contribution >= 0.6 is 0 Å². The highest BCUT2D eigenvalue weighted by molar-refractivity contribution is 6.11. The minimum Gasteiger partial charge on any atom is -0.394 e. The number of ether oxygens (including phenoxy) is 1. The van der Waals surface area contributed by atoms with Crippen molar-refractivity contribution in [2.24, 2.45) is 0 Å². The Labute approximate surface area is 141 Å². The fraction of sp³-hybridized carbons (Fsp3) is 0.400. The summed E-state index contributed by atoms with van der Waals surface area (Å²) < 4.78 is 7.16. The lowest BCUT2D eigenvalue weighted by molar-refractivity contribution is -0.111. The van der Waals surface area contributed by atoms with Crippen LogP contribution < -0.4 is 11.1 Å². The van der Waals surface area contributed by atoms with Crippen molar-refractivity contribution in [1.82, 2.24) is 14.5 Å². The topological polar surface area (TPSA) is 156 Å². The van der Waals surface area contributed by atoms with Gasteiger partial charge in [0.25, 0.3) is 0 Å². The van der Waals surface area contributed by atoms with Crippen molar-refractivity contribution in [1.29, 1.82) is 0 Å². The molecule has 2 aliphatic rings. The quantitative estimate of drug-likeness (QED) is 0.462. The van der Waals surface area contributed by atoms with Crippen molar-refractivity contribution >= 4 is 34.8 Å². The Hall–Kier alpha value is -2.53. The molecule has 4 rings (SSSR count). The van der Waals surface area contributed by atoms with Crippen molar-refractivity contribution in [2.45, 2.75) is 31.0 Å². The molecule has 1 fully saturated rings. The van der Waals surface area contributed by atoms with Crippen LogP contribution in [0, 0.1) is 0 Å². The zero-order valence-corrected chi connectivity index (χ0v) is 13.2. The van der Waals surface area contributed by atoms with Gasteiger partial charge >= 0.3 is 0 Å². The van der Waals surface area contributed by atoms with Gasteiger partial charge < -0.3 is 35.7 Å². The Balaban J connectivity index is 1.94. The molecular weight excluding hydrogens is 330 g/mol. The molecule has 1 saturated heterocycles. The minimum absolute atomic E-state index is 0.0625. The van der Waals surface area contributed by atoms with Crippen molar-refractivity contribution < 1.29 is 24.9 Å². The van der Waals surface area contributed by atoms with E-state index in [1.165, 1.54) is 17.6 Å². The van der Waals surface area contributed by atoms with Crippen LogP contribution in [0.5, 0.6) is 0 Å². The molecule has 4 heterocycles. The second-order valence-corrected chi connectivity index (χ2v) is 6.32. The third-order valence-corrected chi connectivity index (χ3v) is 4.56. The molecule has 0 aliphatic carbocycles. The number of carbonyl (C=O) groups excluding carboxylic acids is 1. The maximum Gasteiger partial charge on any atom is 0.249 e. The number of aromatic nitrogens is 3. The Kier molecular flexibility index (Phi) is 3.34. The highest BCUT2D eigenvalue weighted by atomic mass is 16.6. The molecule has 0 unspecified atom stereocenters. The van der Waals surface area contributed by atoms with E-state index in [-0.39, 0.29) is 17.7 Å². The molecule has 0 spiro atoms. The number of rotatable bonds is 2. The van der Waals surface area contributed by atoms with Gasteiger partial charge in [0.05, 0.1) is 12.0 Å². The third kappa shape index (κ3) is 2.23. The Morgan fingerprint density at radius 2 is 2.20 bits per heavy atom. The van der Waals surface area contributed by atoms with Crippen LogP contribution in [0.2, 0.25) is 0 Å². The van der Waals surface area contributed by atoms with Gasteiger partial charge in [-0.15, -0.1) is 0 Å². The summed E-state index contributed by atoms with van der Waals surface area (Å²) in [5.41, 5.74) is 5.04. The number of aliphatic hydroxyl groups is 3. The number of aliphatic hydroxyl groups excluding tert-OH is 2. The fourth-order valence-electron chi connectivity index (χ4n) is 3.30. The van der Waals surface area contributed by atoms with Crippen LogP contribution in [0.3, 0.4) is 0 Å². The first-order valence-electron chi connectivity index (χ1n) is 7.66. The molecule has 6 N–H and O–H groups in total. The molecular formula is C15H17N5O5. The molecule has 4 atom stereocenters. The fourth-order valence-corrected chi connectivity index (χ4v) is 3.30. The maximum absolute atomic E-state index is 11.7. The molecule has 2 aromatic heterocycles. The first kappa shape index (κ1) is 16.0. The van der Waals surface area contributed by atoms with Crippen LogP contribution in [0.15, 0.2) is 12.3 Å². The van der Waals surface area contributed by atoms with E-state index in [4.69, 9.17) is 10.5 Å². The zero-order valence-electron chi connectivity index (χ0n) is 13.2. The summed E-state index contributed by atoms with van der Waals surface area (Å²) in [4.78, 5) is 20.0. The highest BCUT2D eigenvalue weighted by Crippen LogP contribution is 2.41. The monoisotopic (exact) mass is 347 g/mol. The van der Waals surface area contributed by atoms with Crippen LogP contribution in [0.4, 0.5) is 11.8 Å². The van der Waals surface area contributed by atoms with Gasteiger partial charge in [0.1, 0.15) is 23.6 Å². The SMILES string of the molecule is C[C@@]1(O)[C@H](O)[C@@H](CO)O[C@H]1n1cc2c3c(nc(N)nc31)NC(=O)C=C2. The minimum atomic E-state index is -1.67. The largest absolute Gasteiger partial charge is 0.394 e.